The Balaban J connectivity index is 0.00000169. The smallest absolute Gasteiger partial charge is 0.129 e. The highest BCUT2D eigenvalue weighted by molar-refractivity contribution is 6.29. The molecule has 0 aromatic carbocycles. The minimum Gasteiger partial charge on any atom is -0.324 e. The SMILES string of the molecule is C=CCC[C@H](N)c1ccc(Cl)nc1.Cl. The van der Waals surface area contributed by atoms with Crippen LogP contribution >= 0.6 is 24.0 Å². The normalized spacial score (nSPS) is 11.6. The Morgan fingerprint density at radius 2 is 2.29 bits per heavy atom. The van der Waals surface area contributed by atoms with Crippen molar-refractivity contribution in [3.8, 4) is 0 Å². The molecule has 0 radical (unpaired) electrons. The van der Waals surface area contributed by atoms with Gasteiger partial charge in [0.15, 0.2) is 0 Å². The molecule has 0 saturated heterocycles. The van der Waals surface area contributed by atoms with E-state index < -0.39 is 0 Å². The van der Waals surface area contributed by atoms with Crippen molar-refractivity contribution < 1.29 is 0 Å². The fourth-order valence-corrected chi connectivity index (χ4v) is 1.18. The molecule has 0 fully saturated rings. The summed E-state index contributed by atoms with van der Waals surface area (Å²) in [6.45, 7) is 3.65. The van der Waals surface area contributed by atoms with E-state index in [2.05, 4.69) is 11.6 Å². The minimum absolute atomic E-state index is 0. The molecule has 4 heteroatoms. The minimum atomic E-state index is 0. The number of halogens is 2. The second-order valence-electron chi connectivity index (χ2n) is 2.89. The van der Waals surface area contributed by atoms with Gasteiger partial charge in [-0.3, -0.25) is 0 Å². The summed E-state index contributed by atoms with van der Waals surface area (Å²) in [5.74, 6) is 0. The van der Waals surface area contributed by atoms with Crippen LogP contribution < -0.4 is 5.73 Å². The highest BCUT2D eigenvalue weighted by atomic mass is 35.5. The van der Waals surface area contributed by atoms with Gasteiger partial charge < -0.3 is 5.73 Å². The van der Waals surface area contributed by atoms with Crippen LogP contribution in [0.15, 0.2) is 31.0 Å². The van der Waals surface area contributed by atoms with Crippen molar-refractivity contribution in [2.24, 2.45) is 5.73 Å². The first-order valence-electron chi connectivity index (χ1n) is 4.22. The van der Waals surface area contributed by atoms with Gasteiger partial charge in [0.1, 0.15) is 5.15 Å². The predicted octanol–water partition coefficient (Wildman–Crippen LogP) is 3.12. The molecule has 1 aromatic rings. The fraction of sp³-hybridized carbons (Fsp3) is 0.300. The first-order chi connectivity index (χ1) is 6.24. The summed E-state index contributed by atoms with van der Waals surface area (Å²) in [6, 6.07) is 3.69. The molecule has 14 heavy (non-hydrogen) atoms. The third-order valence-corrected chi connectivity index (χ3v) is 2.08. The molecule has 78 valence electrons. The molecule has 0 spiro atoms. The molecule has 1 heterocycles. The second kappa shape index (κ2) is 6.82. The molecule has 1 atom stereocenters. The molecule has 0 amide bonds. The molecule has 0 unspecified atom stereocenters. The number of rotatable bonds is 4. The standard InChI is InChI=1S/C10H13ClN2.ClH/c1-2-3-4-9(12)8-5-6-10(11)13-7-8;/h2,5-7,9H,1,3-4,12H2;1H/t9-;/m0./s1. The van der Waals surface area contributed by atoms with Gasteiger partial charge in [-0.15, -0.1) is 19.0 Å². The molecular weight excluding hydrogens is 219 g/mol. The van der Waals surface area contributed by atoms with E-state index >= 15 is 0 Å². The van der Waals surface area contributed by atoms with Gasteiger partial charge in [0.05, 0.1) is 0 Å². The lowest BCUT2D eigenvalue weighted by atomic mass is 10.1. The number of nitrogens with zero attached hydrogens (tertiary/aromatic N) is 1. The van der Waals surface area contributed by atoms with Crippen LogP contribution in [0.5, 0.6) is 0 Å². The van der Waals surface area contributed by atoms with Crippen LogP contribution in [-0.4, -0.2) is 4.98 Å². The summed E-state index contributed by atoms with van der Waals surface area (Å²) >= 11 is 5.65. The molecule has 1 aromatic heterocycles. The highest BCUT2D eigenvalue weighted by Crippen LogP contribution is 2.16. The lowest BCUT2D eigenvalue weighted by Crippen LogP contribution is -2.09. The quantitative estimate of drug-likeness (QED) is 0.641. The molecule has 2 nitrogen and oxygen atoms in total. The monoisotopic (exact) mass is 232 g/mol. The van der Waals surface area contributed by atoms with Gasteiger partial charge in [-0.1, -0.05) is 23.7 Å². The van der Waals surface area contributed by atoms with Crippen molar-refractivity contribution in [1.82, 2.24) is 4.98 Å². The van der Waals surface area contributed by atoms with E-state index in [1.54, 1.807) is 12.3 Å². The number of pyridine rings is 1. The fourth-order valence-electron chi connectivity index (χ4n) is 1.07. The van der Waals surface area contributed by atoms with Gasteiger partial charge in [0.2, 0.25) is 0 Å². The van der Waals surface area contributed by atoms with E-state index in [-0.39, 0.29) is 18.4 Å². The van der Waals surface area contributed by atoms with Crippen LogP contribution in [0.25, 0.3) is 0 Å². The third kappa shape index (κ3) is 4.09. The zero-order chi connectivity index (χ0) is 9.68. The van der Waals surface area contributed by atoms with Crippen LogP contribution in [0.1, 0.15) is 24.4 Å². The summed E-state index contributed by atoms with van der Waals surface area (Å²) in [6.07, 6.45) is 5.40. The van der Waals surface area contributed by atoms with Crippen molar-refractivity contribution in [3.63, 3.8) is 0 Å². The van der Waals surface area contributed by atoms with Gasteiger partial charge in [-0.05, 0) is 24.5 Å². The molecular formula is C10H14Cl2N2. The van der Waals surface area contributed by atoms with Crippen LogP contribution in [0.3, 0.4) is 0 Å². The molecule has 1 rings (SSSR count). The summed E-state index contributed by atoms with van der Waals surface area (Å²) in [4.78, 5) is 3.97. The summed E-state index contributed by atoms with van der Waals surface area (Å²) in [7, 11) is 0. The highest BCUT2D eigenvalue weighted by Gasteiger charge is 2.04. The maximum absolute atomic E-state index is 5.90. The number of nitrogens with two attached hydrogens (primary N) is 1. The van der Waals surface area contributed by atoms with E-state index in [4.69, 9.17) is 17.3 Å². The third-order valence-electron chi connectivity index (χ3n) is 1.86. The Labute approximate surface area is 95.6 Å². The largest absolute Gasteiger partial charge is 0.324 e. The second-order valence-corrected chi connectivity index (χ2v) is 3.27. The maximum Gasteiger partial charge on any atom is 0.129 e. The van der Waals surface area contributed by atoms with E-state index in [1.807, 2.05) is 12.1 Å². The topological polar surface area (TPSA) is 38.9 Å². The predicted molar refractivity (Wildman–Crippen MR) is 62.9 cm³/mol. The molecule has 2 N–H and O–H groups in total. The van der Waals surface area contributed by atoms with Gasteiger partial charge in [0.25, 0.3) is 0 Å². The number of aromatic nitrogens is 1. The van der Waals surface area contributed by atoms with Crippen LogP contribution in [0, 0.1) is 0 Å². The molecule has 0 aliphatic carbocycles. The lowest BCUT2D eigenvalue weighted by molar-refractivity contribution is 0.659. The Kier molecular flexibility index (Phi) is 6.54. The Morgan fingerprint density at radius 1 is 1.57 bits per heavy atom. The van der Waals surface area contributed by atoms with E-state index in [9.17, 15) is 0 Å². The Hall–Kier alpha value is -0.570. The van der Waals surface area contributed by atoms with Crippen LogP contribution in [0.4, 0.5) is 0 Å². The molecule has 0 bridgehead atoms. The van der Waals surface area contributed by atoms with Crippen molar-refractivity contribution in [1.29, 1.82) is 0 Å². The van der Waals surface area contributed by atoms with Gasteiger partial charge in [-0.2, -0.15) is 0 Å². The first kappa shape index (κ1) is 13.4. The van der Waals surface area contributed by atoms with Crippen molar-refractivity contribution in [2.45, 2.75) is 18.9 Å². The Bertz CT molecular complexity index is 272. The van der Waals surface area contributed by atoms with Gasteiger partial charge >= 0.3 is 0 Å². The average molecular weight is 233 g/mol. The zero-order valence-corrected chi connectivity index (χ0v) is 9.39. The summed E-state index contributed by atoms with van der Waals surface area (Å²) < 4.78 is 0. The van der Waals surface area contributed by atoms with E-state index in [1.165, 1.54) is 0 Å². The van der Waals surface area contributed by atoms with Crippen LogP contribution in [0.2, 0.25) is 5.15 Å². The number of hydrogen-bond acceptors (Lipinski definition) is 2. The summed E-state index contributed by atoms with van der Waals surface area (Å²) in [5.41, 5.74) is 6.92. The lowest BCUT2D eigenvalue weighted by Gasteiger charge is -2.09. The van der Waals surface area contributed by atoms with Gasteiger partial charge in [-0.25, -0.2) is 4.98 Å². The van der Waals surface area contributed by atoms with E-state index in [0.717, 1.165) is 18.4 Å². The number of hydrogen-bond donors (Lipinski definition) is 1. The van der Waals surface area contributed by atoms with Crippen molar-refractivity contribution in [2.75, 3.05) is 0 Å². The molecule has 0 aliphatic rings. The molecule has 0 saturated carbocycles. The summed E-state index contributed by atoms with van der Waals surface area (Å²) in [5, 5.41) is 0.500. The van der Waals surface area contributed by atoms with Gasteiger partial charge in [0, 0.05) is 12.2 Å². The molecule has 0 aliphatic heterocycles. The van der Waals surface area contributed by atoms with Crippen molar-refractivity contribution in [3.05, 3.63) is 41.7 Å². The van der Waals surface area contributed by atoms with Crippen molar-refractivity contribution >= 4 is 24.0 Å². The van der Waals surface area contributed by atoms with E-state index in [0.29, 0.717) is 5.15 Å². The number of allylic oxidation sites excluding steroid dienone is 1. The Morgan fingerprint density at radius 3 is 2.79 bits per heavy atom. The maximum atomic E-state index is 5.90. The average Bonchev–Trinajstić information content (AvgIpc) is 2.15. The first-order valence-corrected chi connectivity index (χ1v) is 4.59. The zero-order valence-electron chi connectivity index (χ0n) is 7.82. The van der Waals surface area contributed by atoms with Crippen LogP contribution in [-0.2, 0) is 0 Å².